The van der Waals surface area contributed by atoms with Crippen molar-refractivity contribution in [1.29, 1.82) is 0 Å². The van der Waals surface area contributed by atoms with E-state index in [0.717, 1.165) is 34.6 Å². The number of carbonyl (C=O) groups is 8. The molecule has 51 heavy (non-hydrogen) atoms. The van der Waals surface area contributed by atoms with Gasteiger partial charge in [-0.3, -0.25) is 33.6 Å². The predicted octanol–water partition coefficient (Wildman–Crippen LogP) is 1.99. The van der Waals surface area contributed by atoms with Crippen molar-refractivity contribution in [3.8, 4) is 0 Å². The summed E-state index contributed by atoms with van der Waals surface area (Å²) in [5.41, 5.74) is 0.717. The molecule has 0 spiro atoms. The first-order valence-electron chi connectivity index (χ1n) is 15.8. The van der Waals surface area contributed by atoms with Crippen molar-refractivity contribution in [2.45, 2.75) is 84.2 Å². The SMILES string of the molecule is CCOC(=O)[C@@]1(OC(C)=O)C[C@H](OC(C)=O)[C@@H](NC(=O)c2ccc(C(=O)c3ccccc3)cc2)[C@H]([C@H](OC(C)=O)[C@@H](COC(C)=O)OC(C)=O)O1. The van der Waals surface area contributed by atoms with Gasteiger partial charge in [0.05, 0.1) is 19.1 Å². The van der Waals surface area contributed by atoms with E-state index < -0.39 is 91.0 Å². The molecule has 6 atom stereocenters. The largest absolute Gasteiger partial charge is 0.462 e. The highest BCUT2D eigenvalue weighted by Gasteiger charge is 2.60. The Hall–Kier alpha value is -5.64. The van der Waals surface area contributed by atoms with Crippen LogP contribution in [0.4, 0.5) is 0 Å². The van der Waals surface area contributed by atoms with Gasteiger partial charge in [-0.1, -0.05) is 42.5 Å². The van der Waals surface area contributed by atoms with Crippen molar-refractivity contribution in [1.82, 2.24) is 5.32 Å². The summed E-state index contributed by atoms with van der Waals surface area (Å²) in [7, 11) is 0. The van der Waals surface area contributed by atoms with Crippen LogP contribution in [0.25, 0.3) is 0 Å². The first-order valence-corrected chi connectivity index (χ1v) is 15.8. The molecule has 2 aromatic carbocycles. The van der Waals surface area contributed by atoms with Crippen LogP contribution in [0.3, 0.4) is 0 Å². The van der Waals surface area contributed by atoms with E-state index in [1.807, 2.05) is 0 Å². The lowest BCUT2D eigenvalue weighted by molar-refractivity contribution is -0.304. The quantitative estimate of drug-likeness (QED) is 0.168. The zero-order chi connectivity index (χ0) is 37.9. The molecule has 16 heteroatoms. The third-order valence-electron chi connectivity index (χ3n) is 7.27. The topological polar surface area (TPSA) is 213 Å². The van der Waals surface area contributed by atoms with Gasteiger partial charge in [0, 0.05) is 51.3 Å². The second-order valence-corrected chi connectivity index (χ2v) is 11.3. The molecule has 0 aliphatic carbocycles. The Bertz CT molecular complexity index is 1620. The number of amides is 1. The molecule has 1 heterocycles. The van der Waals surface area contributed by atoms with Gasteiger partial charge in [0.1, 0.15) is 18.8 Å². The second-order valence-electron chi connectivity index (χ2n) is 11.3. The summed E-state index contributed by atoms with van der Waals surface area (Å²) in [6.45, 7) is 5.61. The maximum atomic E-state index is 13.8. The van der Waals surface area contributed by atoms with Crippen LogP contribution >= 0.6 is 0 Å². The molecule has 0 radical (unpaired) electrons. The second kappa shape index (κ2) is 17.8. The van der Waals surface area contributed by atoms with E-state index in [2.05, 4.69) is 5.32 Å². The maximum absolute atomic E-state index is 13.8. The lowest BCUT2D eigenvalue weighted by Crippen LogP contribution is -2.69. The number of rotatable bonds is 14. The zero-order valence-corrected chi connectivity index (χ0v) is 28.8. The summed E-state index contributed by atoms with van der Waals surface area (Å²) < 4.78 is 38.1. The van der Waals surface area contributed by atoms with Gasteiger partial charge in [-0.25, -0.2) is 4.79 Å². The Morgan fingerprint density at radius 1 is 0.745 bits per heavy atom. The molecule has 2 aromatic rings. The van der Waals surface area contributed by atoms with Gasteiger partial charge < -0.3 is 38.5 Å². The summed E-state index contributed by atoms with van der Waals surface area (Å²) >= 11 is 0. The van der Waals surface area contributed by atoms with Crippen LogP contribution in [0, 0.1) is 0 Å². The molecule has 1 aliphatic heterocycles. The highest BCUT2D eigenvalue weighted by atomic mass is 16.8. The van der Waals surface area contributed by atoms with Gasteiger partial charge >= 0.3 is 41.6 Å². The number of hydrogen-bond donors (Lipinski definition) is 1. The van der Waals surface area contributed by atoms with Crippen LogP contribution in [0.5, 0.6) is 0 Å². The van der Waals surface area contributed by atoms with E-state index in [1.165, 1.54) is 31.2 Å². The fourth-order valence-electron chi connectivity index (χ4n) is 5.35. The molecular formula is C35H39NO15. The van der Waals surface area contributed by atoms with Crippen molar-refractivity contribution in [3.05, 3.63) is 71.3 Å². The molecule has 0 bridgehead atoms. The first-order chi connectivity index (χ1) is 24.1. The number of esters is 6. The van der Waals surface area contributed by atoms with Crippen LogP contribution in [0.1, 0.15) is 74.2 Å². The molecule has 1 amide bonds. The van der Waals surface area contributed by atoms with Crippen molar-refractivity contribution in [2.75, 3.05) is 13.2 Å². The molecule has 0 unspecified atom stereocenters. The smallest absolute Gasteiger partial charge is 0.379 e. The van der Waals surface area contributed by atoms with Crippen molar-refractivity contribution >= 4 is 47.5 Å². The Morgan fingerprint density at radius 2 is 1.33 bits per heavy atom. The van der Waals surface area contributed by atoms with Gasteiger partial charge in [-0.15, -0.1) is 0 Å². The molecule has 1 fully saturated rings. The molecule has 3 rings (SSSR count). The molecule has 0 aromatic heterocycles. The lowest BCUT2D eigenvalue weighted by Gasteiger charge is -2.48. The average Bonchev–Trinajstić information content (AvgIpc) is 3.06. The third kappa shape index (κ3) is 10.9. The number of ketones is 1. The summed E-state index contributed by atoms with van der Waals surface area (Å²) in [6, 6.07) is 12.5. The highest BCUT2D eigenvalue weighted by Crippen LogP contribution is 2.37. The molecule has 274 valence electrons. The standard InChI is InChI=1S/C35H39NO15/c1-7-45-34(44)35(50-23(6)41)17-27(47-20(3)38)29(32(51-35)31(49-22(5)40)28(48-21(4)39)18-46-19(2)37)36-33(43)26-15-13-25(14-16-26)30(42)24-11-9-8-10-12-24/h8-16,27-29,31-32H,7,17-18H2,1-6H3,(H,36,43)/t27-,28+,29+,31+,32+,35+/m0/s1. The van der Waals surface area contributed by atoms with Crippen LogP contribution in [0.15, 0.2) is 54.6 Å². The summed E-state index contributed by atoms with van der Waals surface area (Å²) in [5.74, 6) is -9.63. The van der Waals surface area contributed by atoms with Crippen molar-refractivity contribution in [3.63, 3.8) is 0 Å². The summed E-state index contributed by atoms with van der Waals surface area (Å²) in [5, 5.41) is 2.65. The minimum absolute atomic E-state index is 0.0163. The molecule has 1 N–H and O–H groups in total. The molecule has 0 saturated carbocycles. The van der Waals surface area contributed by atoms with Crippen molar-refractivity contribution in [2.24, 2.45) is 0 Å². The van der Waals surface area contributed by atoms with Gasteiger partial charge in [0.15, 0.2) is 18.0 Å². The first kappa shape index (κ1) is 39.8. The van der Waals surface area contributed by atoms with Gasteiger partial charge in [0.2, 0.25) is 0 Å². The summed E-state index contributed by atoms with van der Waals surface area (Å²) in [4.78, 5) is 101. The van der Waals surface area contributed by atoms with E-state index in [1.54, 1.807) is 30.3 Å². The molecule has 16 nitrogen and oxygen atoms in total. The number of benzene rings is 2. The van der Waals surface area contributed by atoms with Crippen molar-refractivity contribution < 1.29 is 71.5 Å². The molecule has 1 saturated heterocycles. The predicted molar refractivity (Wildman–Crippen MR) is 171 cm³/mol. The van der Waals surface area contributed by atoms with E-state index in [4.69, 9.17) is 33.2 Å². The van der Waals surface area contributed by atoms with E-state index in [0.29, 0.717) is 5.56 Å². The number of hydrogen-bond acceptors (Lipinski definition) is 15. The van der Waals surface area contributed by atoms with Crippen LogP contribution < -0.4 is 5.32 Å². The number of ether oxygens (including phenoxy) is 7. The average molecular weight is 714 g/mol. The Labute approximate surface area is 293 Å². The van der Waals surface area contributed by atoms with E-state index >= 15 is 0 Å². The summed E-state index contributed by atoms with van der Waals surface area (Å²) in [6.07, 6.45) is -7.57. The fourth-order valence-corrected chi connectivity index (χ4v) is 5.35. The van der Waals surface area contributed by atoms with Gasteiger partial charge in [0.25, 0.3) is 5.91 Å². The van der Waals surface area contributed by atoms with Gasteiger partial charge in [-0.05, 0) is 19.1 Å². The Balaban J connectivity index is 2.17. The number of nitrogens with one attached hydrogen (secondary N) is 1. The Kier molecular flexibility index (Phi) is 13.9. The minimum atomic E-state index is -2.64. The number of carbonyl (C=O) groups excluding carboxylic acids is 8. The maximum Gasteiger partial charge on any atom is 0.379 e. The van der Waals surface area contributed by atoms with Crippen LogP contribution in [0.2, 0.25) is 0 Å². The molecule has 1 aliphatic rings. The van der Waals surface area contributed by atoms with E-state index in [9.17, 15) is 38.4 Å². The van der Waals surface area contributed by atoms with Gasteiger partial charge in [-0.2, -0.15) is 0 Å². The molecular weight excluding hydrogens is 674 g/mol. The fraction of sp³-hybridized carbons (Fsp3) is 0.429. The third-order valence-corrected chi connectivity index (χ3v) is 7.27. The lowest BCUT2D eigenvalue weighted by atomic mass is 9.87. The zero-order valence-electron chi connectivity index (χ0n) is 28.8. The Morgan fingerprint density at radius 3 is 1.86 bits per heavy atom. The minimum Gasteiger partial charge on any atom is -0.462 e. The van der Waals surface area contributed by atoms with E-state index in [-0.39, 0.29) is 23.5 Å². The normalized spacial score (nSPS) is 20.7. The van der Waals surface area contributed by atoms with Crippen LogP contribution in [-0.4, -0.2) is 97.0 Å². The van der Waals surface area contributed by atoms with Crippen LogP contribution in [-0.2, 0) is 61.9 Å². The highest BCUT2D eigenvalue weighted by molar-refractivity contribution is 6.09. The monoisotopic (exact) mass is 713 g/mol.